The minimum absolute atomic E-state index is 0.172. The van der Waals surface area contributed by atoms with Crippen molar-refractivity contribution >= 4 is 23.9 Å². The number of alkyl carbamates (subject to hydrolysis) is 1. The molecule has 0 radical (unpaired) electrons. The van der Waals surface area contributed by atoms with Crippen molar-refractivity contribution in [3.63, 3.8) is 0 Å². The van der Waals surface area contributed by atoms with Crippen LogP contribution in [0.5, 0.6) is 0 Å². The predicted molar refractivity (Wildman–Crippen MR) is 187 cm³/mol. The molecule has 3 unspecified atom stereocenters. The molecule has 10 heteroatoms. The Bertz CT molecular complexity index is 1350. The number of aliphatic hydroxyl groups excluding tert-OH is 1. The van der Waals surface area contributed by atoms with Gasteiger partial charge in [-0.05, 0) is 84.1 Å². The van der Waals surface area contributed by atoms with Gasteiger partial charge in [0, 0.05) is 13.0 Å². The molecule has 0 bridgehead atoms. The van der Waals surface area contributed by atoms with Crippen LogP contribution >= 0.6 is 0 Å². The molecule has 0 aliphatic rings. The second-order valence-corrected chi connectivity index (χ2v) is 14.3. The van der Waals surface area contributed by atoms with Gasteiger partial charge in [0.1, 0.15) is 29.3 Å². The lowest BCUT2D eigenvalue weighted by Gasteiger charge is -2.36. The zero-order chi connectivity index (χ0) is 36.1. The molecule has 266 valence electrons. The van der Waals surface area contributed by atoms with E-state index in [1.165, 1.54) is 4.90 Å². The number of aliphatic hydroxyl groups is 1. The van der Waals surface area contributed by atoms with Gasteiger partial charge in [-0.2, -0.15) is 0 Å². The summed E-state index contributed by atoms with van der Waals surface area (Å²) in [4.78, 5) is 56.6. The van der Waals surface area contributed by atoms with Gasteiger partial charge in [-0.25, -0.2) is 9.59 Å². The molecule has 3 atom stereocenters. The Kier molecular flexibility index (Phi) is 15.6. The first-order valence-corrected chi connectivity index (χ1v) is 17.0. The molecule has 2 aromatic carbocycles. The van der Waals surface area contributed by atoms with E-state index < -0.39 is 59.8 Å². The van der Waals surface area contributed by atoms with E-state index >= 15 is 0 Å². The lowest BCUT2D eigenvalue weighted by Crippen LogP contribution is -2.56. The second kappa shape index (κ2) is 18.6. The molecule has 0 saturated heterocycles. The Morgan fingerprint density at radius 1 is 0.792 bits per heavy atom. The van der Waals surface area contributed by atoms with Crippen molar-refractivity contribution in [3.05, 3.63) is 70.8 Å². The standard InChI is InChI=1S/C38H57N3O7/c1-10-11-12-13-17-23-41(34(44)31(25-42)40-36(46)48-38(7,8)9)32(29-22-18-19-26(2)27(29)3)33(43)39-30(35(45)47-37(4,5)6)24-28-20-15-14-16-21-28/h14-16,18-22,30-32,42H,10-13,17,23-25H2,1-9H3,(H,39,43)(H,40,46). The minimum atomic E-state index is -1.37. The third-order valence-electron chi connectivity index (χ3n) is 7.75. The molecular formula is C38H57N3O7. The van der Waals surface area contributed by atoms with Gasteiger partial charge in [-0.15, -0.1) is 0 Å². The summed E-state index contributed by atoms with van der Waals surface area (Å²) in [6, 6.07) is 11.2. The van der Waals surface area contributed by atoms with Gasteiger partial charge in [0.2, 0.25) is 11.8 Å². The van der Waals surface area contributed by atoms with Crippen molar-refractivity contribution in [2.75, 3.05) is 13.2 Å². The van der Waals surface area contributed by atoms with E-state index in [2.05, 4.69) is 17.6 Å². The first-order valence-electron chi connectivity index (χ1n) is 17.0. The zero-order valence-electron chi connectivity index (χ0n) is 30.4. The SMILES string of the molecule is CCCCCCCN(C(=O)C(CO)NC(=O)OC(C)(C)C)C(C(=O)NC(Cc1ccccc1)C(=O)OC(C)(C)C)c1cccc(C)c1C. The number of unbranched alkanes of at least 4 members (excludes halogenated alkanes) is 4. The van der Waals surface area contributed by atoms with E-state index in [4.69, 9.17) is 9.47 Å². The molecular weight excluding hydrogens is 610 g/mol. The van der Waals surface area contributed by atoms with Crippen molar-refractivity contribution in [2.24, 2.45) is 0 Å². The summed E-state index contributed by atoms with van der Waals surface area (Å²) in [6.45, 7) is 15.8. The van der Waals surface area contributed by atoms with Crippen LogP contribution in [0.4, 0.5) is 4.79 Å². The van der Waals surface area contributed by atoms with E-state index in [-0.39, 0.29) is 13.0 Å². The van der Waals surface area contributed by atoms with Crippen LogP contribution in [0.15, 0.2) is 48.5 Å². The summed E-state index contributed by atoms with van der Waals surface area (Å²) in [5, 5.41) is 15.8. The molecule has 3 amide bonds. The average molecular weight is 668 g/mol. The second-order valence-electron chi connectivity index (χ2n) is 14.3. The minimum Gasteiger partial charge on any atom is -0.458 e. The summed E-state index contributed by atoms with van der Waals surface area (Å²) in [6.07, 6.45) is 3.74. The maximum Gasteiger partial charge on any atom is 0.408 e. The van der Waals surface area contributed by atoms with Crippen molar-refractivity contribution in [1.82, 2.24) is 15.5 Å². The number of ether oxygens (including phenoxy) is 2. The number of benzene rings is 2. The fraction of sp³-hybridized carbons (Fsp3) is 0.579. The zero-order valence-corrected chi connectivity index (χ0v) is 30.4. The van der Waals surface area contributed by atoms with Gasteiger partial charge in [-0.3, -0.25) is 9.59 Å². The van der Waals surface area contributed by atoms with E-state index in [1.54, 1.807) is 47.6 Å². The molecule has 2 rings (SSSR count). The fourth-order valence-corrected chi connectivity index (χ4v) is 5.28. The highest BCUT2D eigenvalue weighted by atomic mass is 16.6. The maximum atomic E-state index is 14.6. The number of nitrogens with zero attached hydrogens (tertiary/aromatic N) is 1. The Morgan fingerprint density at radius 2 is 1.42 bits per heavy atom. The molecule has 2 aromatic rings. The molecule has 0 aliphatic heterocycles. The first kappa shape index (κ1) is 40.3. The van der Waals surface area contributed by atoms with Gasteiger partial charge in [0.05, 0.1) is 6.61 Å². The van der Waals surface area contributed by atoms with Gasteiger partial charge in [-0.1, -0.05) is 81.1 Å². The highest BCUT2D eigenvalue weighted by Gasteiger charge is 2.38. The summed E-state index contributed by atoms with van der Waals surface area (Å²) in [5.41, 5.74) is 1.49. The largest absolute Gasteiger partial charge is 0.458 e. The van der Waals surface area contributed by atoms with Gasteiger partial charge >= 0.3 is 12.1 Å². The summed E-state index contributed by atoms with van der Waals surface area (Å²) < 4.78 is 11.1. The molecule has 3 N–H and O–H groups in total. The third kappa shape index (κ3) is 13.3. The van der Waals surface area contributed by atoms with Crippen LogP contribution in [-0.4, -0.2) is 70.3 Å². The first-order chi connectivity index (χ1) is 22.5. The Hall–Kier alpha value is -3.92. The highest BCUT2D eigenvalue weighted by molar-refractivity contribution is 5.94. The summed E-state index contributed by atoms with van der Waals surface area (Å²) in [5.74, 6) is -1.82. The Morgan fingerprint density at radius 3 is 2.00 bits per heavy atom. The van der Waals surface area contributed by atoms with Crippen LogP contribution in [0.3, 0.4) is 0 Å². The molecule has 0 aromatic heterocycles. The van der Waals surface area contributed by atoms with Crippen molar-refractivity contribution in [1.29, 1.82) is 0 Å². The normalized spacial score (nSPS) is 13.5. The lowest BCUT2D eigenvalue weighted by atomic mass is 9.94. The van der Waals surface area contributed by atoms with Crippen molar-refractivity contribution in [3.8, 4) is 0 Å². The average Bonchev–Trinajstić information content (AvgIpc) is 2.99. The number of carbonyl (C=O) groups is 4. The monoisotopic (exact) mass is 667 g/mol. The fourth-order valence-electron chi connectivity index (χ4n) is 5.28. The number of amides is 3. The van der Waals surface area contributed by atoms with E-state index in [1.807, 2.05) is 56.3 Å². The van der Waals surface area contributed by atoms with Crippen LogP contribution in [0.1, 0.15) is 109 Å². The van der Waals surface area contributed by atoms with Gasteiger partial charge in [0.25, 0.3) is 0 Å². The molecule has 0 heterocycles. The van der Waals surface area contributed by atoms with Crippen LogP contribution in [0.25, 0.3) is 0 Å². The van der Waals surface area contributed by atoms with Crippen molar-refractivity contribution < 1.29 is 33.8 Å². The number of esters is 1. The number of carbonyl (C=O) groups excluding carboxylic acids is 4. The van der Waals surface area contributed by atoms with Crippen LogP contribution in [-0.2, 0) is 30.3 Å². The van der Waals surface area contributed by atoms with E-state index in [0.717, 1.165) is 42.4 Å². The molecule has 0 aliphatic carbocycles. The van der Waals surface area contributed by atoms with E-state index in [0.29, 0.717) is 12.0 Å². The Balaban J connectivity index is 2.63. The molecule has 10 nitrogen and oxygen atoms in total. The molecule has 0 saturated carbocycles. The van der Waals surface area contributed by atoms with Crippen LogP contribution < -0.4 is 10.6 Å². The number of hydrogen-bond donors (Lipinski definition) is 3. The topological polar surface area (TPSA) is 134 Å². The smallest absolute Gasteiger partial charge is 0.408 e. The predicted octanol–water partition coefficient (Wildman–Crippen LogP) is 6.10. The number of hydrogen-bond acceptors (Lipinski definition) is 7. The number of nitrogens with one attached hydrogen (secondary N) is 2. The van der Waals surface area contributed by atoms with E-state index in [9.17, 15) is 24.3 Å². The van der Waals surface area contributed by atoms with Crippen molar-refractivity contribution in [2.45, 2.75) is 130 Å². The highest BCUT2D eigenvalue weighted by Crippen LogP contribution is 2.28. The van der Waals surface area contributed by atoms with Crippen LogP contribution in [0.2, 0.25) is 0 Å². The summed E-state index contributed by atoms with van der Waals surface area (Å²) >= 11 is 0. The molecule has 0 spiro atoms. The molecule has 48 heavy (non-hydrogen) atoms. The lowest BCUT2D eigenvalue weighted by molar-refractivity contribution is -0.159. The Labute approximate surface area is 287 Å². The quantitative estimate of drug-likeness (QED) is 0.146. The molecule has 0 fully saturated rings. The summed E-state index contributed by atoms with van der Waals surface area (Å²) in [7, 11) is 0. The third-order valence-corrected chi connectivity index (χ3v) is 7.75. The number of aryl methyl sites for hydroxylation is 1. The van der Waals surface area contributed by atoms with Gasteiger partial charge in [0.15, 0.2) is 0 Å². The van der Waals surface area contributed by atoms with Crippen LogP contribution in [0, 0.1) is 13.8 Å². The number of rotatable bonds is 16. The van der Waals surface area contributed by atoms with Gasteiger partial charge < -0.3 is 30.1 Å². The maximum absolute atomic E-state index is 14.6.